The second kappa shape index (κ2) is 8.81. The van der Waals surface area contributed by atoms with Crippen LogP contribution in [0.15, 0.2) is 53.4 Å². The van der Waals surface area contributed by atoms with Gasteiger partial charge in [0.05, 0.1) is 12.9 Å². The van der Waals surface area contributed by atoms with E-state index in [0.29, 0.717) is 12.3 Å². The average molecular weight is 356 g/mol. The Morgan fingerprint density at radius 3 is 2.40 bits per heavy atom. The molecule has 2 aromatic rings. The summed E-state index contributed by atoms with van der Waals surface area (Å²) in [5.41, 5.74) is 2.41. The van der Waals surface area contributed by atoms with E-state index in [0.717, 1.165) is 29.3 Å². The highest BCUT2D eigenvalue weighted by atomic mass is 32.2. The van der Waals surface area contributed by atoms with Crippen molar-refractivity contribution in [2.24, 2.45) is 0 Å². The number of benzene rings is 2. The number of hydrogen-bond acceptors (Lipinski definition) is 4. The van der Waals surface area contributed by atoms with Crippen LogP contribution < -0.4 is 15.0 Å². The molecule has 0 spiro atoms. The molecule has 0 saturated carbocycles. The number of carbonyl (C=O) groups is 1. The Hall–Kier alpha value is -2.14. The Balaban J connectivity index is 1.42. The van der Waals surface area contributed by atoms with Crippen LogP contribution in [0.5, 0.6) is 5.75 Å². The summed E-state index contributed by atoms with van der Waals surface area (Å²) in [6, 6.07) is 16.2. The summed E-state index contributed by atoms with van der Waals surface area (Å²) >= 11 is 1.53. The second-order valence-electron chi connectivity index (χ2n) is 6.10. The van der Waals surface area contributed by atoms with Crippen LogP contribution in [0.25, 0.3) is 0 Å². The van der Waals surface area contributed by atoms with Crippen molar-refractivity contribution in [3.63, 3.8) is 0 Å². The summed E-state index contributed by atoms with van der Waals surface area (Å²) in [7, 11) is 1.65. The van der Waals surface area contributed by atoms with E-state index in [-0.39, 0.29) is 5.91 Å². The number of nitrogens with one attached hydrogen (secondary N) is 1. The Labute approximate surface area is 153 Å². The molecule has 1 fully saturated rings. The number of ether oxygens (including phenoxy) is 1. The van der Waals surface area contributed by atoms with Gasteiger partial charge in [0.25, 0.3) is 0 Å². The number of methoxy groups -OCH3 is 1. The van der Waals surface area contributed by atoms with Gasteiger partial charge >= 0.3 is 0 Å². The van der Waals surface area contributed by atoms with Gasteiger partial charge in [-0.05, 0) is 54.8 Å². The molecule has 1 saturated heterocycles. The molecule has 2 aromatic carbocycles. The molecular weight excluding hydrogens is 332 g/mol. The molecule has 0 aliphatic carbocycles. The van der Waals surface area contributed by atoms with Crippen molar-refractivity contribution in [2.75, 3.05) is 30.9 Å². The number of amides is 1. The van der Waals surface area contributed by atoms with Crippen molar-refractivity contribution in [1.82, 2.24) is 5.32 Å². The first kappa shape index (κ1) is 17.7. The molecule has 132 valence electrons. The second-order valence-corrected chi connectivity index (χ2v) is 7.15. The summed E-state index contributed by atoms with van der Waals surface area (Å²) in [6.07, 6.45) is 2.56. The predicted octanol–water partition coefficient (Wildman–Crippen LogP) is 3.70. The number of anilines is 1. The van der Waals surface area contributed by atoms with E-state index in [1.54, 1.807) is 7.11 Å². The monoisotopic (exact) mass is 356 g/mol. The molecule has 0 unspecified atom stereocenters. The smallest absolute Gasteiger partial charge is 0.230 e. The summed E-state index contributed by atoms with van der Waals surface area (Å²) in [5.74, 6) is 1.29. The molecular formula is C20H24N2O2S. The molecule has 1 aliphatic heterocycles. The van der Waals surface area contributed by atoms with Crippen molar-refractivity contribution in [2.45, 2.75) is 24.3 Å². The largest absolute Gasteiger partial charge is 0.497 e. The van der Waals surface area contributed by atoms with Crippen LogP contribution in [0.2, 0.25) is 0 Å². The van der Waals surface area contributed by atoms with Gasteiger partial charge in [0, 0.05) is 30.2 Å². The van der Waals surface area contributed by atoms with Crippen LogP contribution in [0.4, 0.5) is 5.69 Å². The molecule has 0 bridgehead atoms. The predicted molar refractivity (Wildman–Crippen MR) is 103 cm³/mol. The van der Waals surface area contributed by atoms with Gasteiger partial charge in [0.15, 0.2) is 0 Å². The lowest BCUT2D eigenvalue weighted by Crippen LogP contribution is -2.24. The van der Waals surface area contributed by atoms with Crippen LogP contribution >= 0.6 is 11.8 Å². The van der Waals surface area contributed by atoms with Crippen molar-refractivity contribution in [1.29, 1.82) is 0 Å². The number of rotatable bonds is 7. The molecule has 0 aromatic heterocycles. The van der Waals surface area contributed by atoms with E-state index in [2.05, 4.69) is 34.5 Å². The zero-order valence-corrected chi connectivity index (χ0v) is 15.3. The highest BCUT2D eigenvalue weighted by Crippen LogP contribution is 2.22. The van der Waals surface area contributed by atoms with E-state index in [1.165, 1.54) is 30.3 Å². The van der Waals surface area contributed by atoms with Crippen LogP contribution in [0.3, 0.4) is 0 Å². The molecule has 4 nitrogen and oxygen atoms in total. The molecule has 0 atom stereocenters. The first-order chi connectivity index (χ1) is 12.2. The molecule has 25 heavy (non-hydrogen) atoms. The quantitative estimate of drug-likeness (QED) is 0.768. The average Bonchev–Trinajstić information content (AvgIpc) is 3.20. The Morgan fingerprint density at radius 1 is 1.08 bits per heavy atom. The molecule has 1 N–H and O–H groups in total. The fraction of sp³-hybridized carbons (Fsp3) is 0.350. The highest BCUT2D eigenvalue weighted by molar-refractivity contribution is 8.00. The van der Waals surface area contributed by atoms with E-state index in [9.17, 15) is 4.79 Å². The lowest BCUT2D eigenvalue weighted by atomic mass is 10.2. The van der Waals surface area contributed by atoms with Crippen LogP contribution in [-0.4, -0.2) is 31.9 Å². The van der Waals surface area contributed by atoms with Crippen LogP contribution in [-0.2, 0) is 11.3 Å². The maximum Gasteiger partial charge on any atom is 0.230 e. The molecule has 1 amide bonds. The van der Waals surface area contributed by atoms with Gasteiger partial charge in [-0.15, -0.1) is 11.8 Å². The van der Waals surface area contributed by atoms with Gasteiger partial charge in [-0.1, -0.05) is 12.1 Å². The minimum absolute atomic E-state index is 0.0458. The third-order valence-corrected chi connectivity index (χ3v) is 5.34. The molecule has 5 heteroatoms. The van der Waals surface area contributed by atoms with Crippen molar-refractivity contribution in [3.8, 4) is 5.75 Å². The lowest BCUT2D eigenvalue weighted by Gasteiger charge is -2.17. The Kier molecular flexibility index (Phi) is 6.23. The molecule has 1 heterocycles. The van der Waals surface area contributed by atoms with Gasteiger partial charge in [-0.25, -0.2) is 0 Å². The molecule has 3 rings (SSSR count). The maximum atomic E-state index is 12.0. The van der Waals surface area contributed by atoms with Crippen molar-refractivity contribution >= 4 is 23.4 Å². The maximum absolute atomic E-state index is 12.0. The van der Waals surface area contributed by atoms with Crippen LogP contribution in [0.1, 0.15) is 18.4 Å². The fourth-order valence-electron chi connectivity index (χ4n) is 2.87. The van der Waals surface area contributed by atoms with E-state index in [1.807, 2.05) is 24.3 Å². The summed E-state index contributed by atoms with van der Waals surface area (Å²) in [6.45, 7) is 2.87. The Bertz CT molecular complexity index is 680. The summed E-state index contributed by atoms with van der Waals surface area (Å²) < 4.78 is 5.13. The zero-order chi connectivity index (χ0) is 17.5. The first-order valence-corrected chi connectivity index (χ1v) is 9.60. The number of thioether (sulfide) groups is 1. The van der Waals surface area contributed by atoms with Crippen LogP contribution in [0, 0.1) is 0 Å². The van der Waals surface area contributed by atoms with E-state index >= 15 is 0 Å². The normalized spacial score (nSPS) is 13.7. The minimum Gasteiger partial charge on any atom is -0.497 e. The molecule has 1 aliphatic rings. The van der Waals surface area contributed by atoms with Gasteiger partial charge in [0.1, 0.15) is 5.75 Å². The summed E-state index contributed by atoms with van der Waals surface area (Å²) in [5, 5.41) is 2.98. The van der Waals surface area contributed by atoms with Crippen molar-refractivity contribution < 1.29 is 9.53 Å². The number of hydrogen-bond donors (Lipinski definition) is 1. The minimum atomic E-state index is 0.0458. The van der Waals surface area contributed by atoms with Crippen molar-refractivity contribution in [3.05, 3.63) is 54.1 Å². The van der Waals surface area contributed by atoms with Gasteiger partial charge in [-0.3, -0.25) is 4.79 Å². The SMILES string of the molecule is COc1ccc(SCC(=O)NCc2ccc(N3CCCC3)cc2)cc1. The highest BCUT2D eigenvalue weighted by Gasteiger charge is 2.11. The van der Waals surface area contributed by atoms with E-state index in [4.69, 9.17) is 4.74 Å². The lowest BCUT2D eigenvalue weighted by molar-refractivity contribution is -0.118. The number of nitrogens with zero attached hydrogens (tertiary/aromatic N) is 1. The fourth-order valence-corrected chi connectivity index (χ4v) is 3.60. The van der Waals surface area contributed by atoms with Gasteiger partial charge < -0.3 is 15.0 Å². The van der Waals surface area contributed by atoms with Gasteiger partial charge in [0.2, 0.25) is 5.91 Å². The third kappa shape index (κ3) is 5.16. The standard InChI is InChI=1S/C20H24N2O2S/c1-24-18-8-10-19(11-9-18)25-15-20(23)21-14-16-4-6-17(7-5-16)22-12-2-3-13-22/h4-11H,2-3,12-15H2,1H3,(H,21,23). The topological polar surface area (TPSA) is 41.6 Å². The third-order valence-electron chi connectivity index (χ3n) is 4.33. The molecule has 0 radical (unpaired) electrons. The zero-order valence-electron chi connectivity index (χ0n) is 14.5. The number of carbonyl (C=O) groups excluding carboxylic acids is 1. The van der Waals surface area contributed by atoms with Gasteiger partial charge in [-0.2, -0.15) is 0 Å². The Morgan fingerprint density at radius 2 is 1.76 bits per heavy atom. The first-order valence-electron chi connectivity index (χ1n) is 8.62. The summed E-state index contributed by atoms with van der Waals surface area (Å²) in [4.78, 5) is 15.5. The van der Waals surface area contributed by atoms with E-state index < -0.39 is 0 Å².